The normalized spacial score (nSPS) is 22.2. The number of unbranched alkanes of at least 4 members (excludes halogenated alkanes) is 2. The number of nitrogens with zero attached hydrogens (tertiary/aromatic N) is 2. The second-order valence-corrected chi connectivity index (χ2v) is 6.67. The van der Waals surface area contributed by atoms with E-state index in [9.17, 15) is 14.4 Å². The van der Waals surface area contributed by atoms with Gasteiger partial charge >= 0.3 is 12.1 Å². The highest BCUT2D eigenvalue weighted by molar-refractivity contribution is 5.90. The van der Waals surface area contributed by atoms with Crippen LogP contribution < -0.4 is 0 Å². The molecule has 7 heteroatoms. The lowest BCUT2D eigenvalue weighted by atomic mass is 10.1. The number of terminal acetylenes is 1. The maximum Gasteiger partial charge on any atom is 0.411 e. The van der Waals surface area contributed by atoms with Crippen molar-refractivity contribution < 1.29 is 23.9 Å². The molecule has 0 aromatic carbocycles. The van der Waals surface area contributed by atoms with Crippen LogP contribution in [0.4, 0.5) is 4.79 Å². The zero-order chi connectivity index (χ0) is 18.9. The molecule has 2 atom stereocenters. The molecule has 0 radical (unpaired) electrons. The second-order valence-electron chi connectivity index (χ2n) is 6.67. The second kappa shape index (κ2) is 10.0. The lowest BCUT2D eigenvalue weighted by Gasteiger charge is -2.30. The molecule has 2 saturated heterocycles. The Balaban J connectivity index is 1.95. The molecule has 144 valence electrons. The molecule has 0 N–H and O–H groups in total. The molecule has 0 spiro atoms. The number of carbonyl (C=O) groups excluding carboxylic acids is 3. The van der Waals surface area contributed by atoms with Crippen molar-refractivity contribution in [2.75, 3.05) is 26.3 Å². The van der Waals surface area contributed by atoms with Crippen molar-refractivity contribution in [1.29, 1.82) is 0 Å². The average Bonchev–Trinajstić information content (AvgIpc) is 3.31. The van der Waals surface area contributed by atoms with E-state index in [1.54, 1.807) is 4.90 Å². The van der Waals surface area contributed by atoms with Gasteiger partial charge in [-0.15, -0.1) is 6.42 Å². The van der Waals surface area contributed by atoms with E-state index in [-0.39, 0.29) is 18.5 Å². The van der Waals surface area contributed by atoms with E-state index in [1.807, 2.05) is 0 Å². The maximum atomic E-state index is 13.0. The molecular weight excluding hydrogens is 336 g/mol. The summed E-state index contributed by atoms with van der Waals surface area (Å²) in [5, 5.41) is 0. The first-order valence-corrected chi connectivity index (χ1v) is 9.44. The molecule has 0 saturated carbocycles. The Labute approximate surface area is 155 Å². The van der Waals surface area contributed by atoms with Crippen molar-refractivity contribution in [2.24, 2.45) is 0 Å². The van der Waals surface area contributed by atoms with Gasteiger partial charge in [-0.2, -0.15) is 0 Å². The highest BCUT2D eigenvalue weighted by atomic mass is 16.6. The molecule has 7 nitrogen and oxygen atoms in total. The van der Waals surface area contributed by atoms with Crippen molar-refractivity contribution in [2.45, 2.75) is 64.0 Å². The van der Waals surface area contributed by atoms with Crippen molar-refractivity contribution in [3.63, 3.8) is 0 Å². The molecule has 0 aromatic rings. The number of likely N-dealkylation sites (tertiary alicyclic amines) is 2. The average molecular weight is 364 g/mol. The van der Waals surface area contributed by atoms with Gasteiger partial charge in [0.25, 0.3) is 0 Å². The van der Waals surface area contributed by atoms with Crippen LogP contribution in [0.15, 0.2) is 0 Å². The van der Waals surface area contributed by atoms with Crippen LogP contribution in [-0.4, -0.2) is 66.2 Å². The van der Waals surface area contributed by atoms with Gasteiger partial charge in [-0.05, 0) is 32.1 Å². The molecule has 2 fully saturated rings. The third-order valence-electron chi connectivity index (χ3n) is 4.85. The third-order valence-corrected chi connectivity index (χ3v) is 4.85. The summed E-state index contributed by atoms with van der Waals surface area (Å²) in [6, 6.07) is -1.14. The van der Waals surface area contributed by atoms with Crippen LogP contribution in [0.3, 0.4) is 0 Å². The predicted octanol–water partition coefficient (Wildman–Crippen LogP) is 1.94. The fourth-order valence-corrected chi connectivity index (χ4v) is 3.52. The summed E-state index contributed by atoms with van der Waals surface area (Å²) in [6.07, 6.45) is 10.1. The van der Waals surface area contributed by atoms with E-state index in [1.165, 1.54) is 4.90 Å². The summed E-state index contributed by atoms with van der Waals surface area (Å²) >= 11 is 0. The number of esters is 1. The van der Waals surface area contributed by atoms with Crippen molar-refractivity contribution >= 4 is 18.0 Å². The Kier molecular flexibility index (Phi) is 7.76. The van der Waals surface area contributed by atoms with Crippen LogP contribution in [0.1, 0.15) is 51.9 Å². The van der Waals surface area contributed by atoms with Crippen LogP contribution in [0.25, 0.3) is 0 Å². The molecule has 26 heavy (non-hydrogen) atoms. The summed E-state index contributed by atoms with van der Waals surface area (Å²) in [5.74, 6) is 1.70. The van der Waals surface area contributed by atoms with E-state index < -0.39 is 18.2 Å². The number of hydrogen-bond donors (Lipinski definition) is 0. The Morgan fingerprint density at radius 2 is 1.73 bits per heavy atom. The van der Waals surface area contributed by atoms with Crippen LogP contribution in [0, 0.1) is 12.3 Å². The lowest BCUT2D eigenvalue weighted by Crippen LogP contribution is -2.51. The zero-order valence-corrected chi connectivity index (χ0v) is 15.4. The first-order chi connectivity index (χ1) is 12.6. The van der Waals surface area contributed by atoms with Gasteiger partial charge in [0.05, 0.1) is 6.61 Å². The van der Waals surface area contributed by atoms with Gasteiger partial charge in [-0.3, -0.25) is 9.69 Å². The molecule has 0 aromatic heterocycles. The minimum atomic E-state index is -0.589. The molecule has 2 rings (SSSR count). The van der Waals surface area contributed by atoms with Gasteiger partial charge in [0.15, 0.2) is 6.61 Å². The first-order valence-electron chi connectivity index (χ1n) is 9.44. The quantitative estimate of drug-likeness (QED) is 0.392. The topological polar surface area (TPSA) is 76.2 Å². The van der Waals surface area contributed by atoms with Crippen molar-refractivity contribution in [3.8, 4) is 12.3 Å². The van der Waals surface area contributed by atoms with Crippen LogP contribution in [-0.2, 0) is 19.1 Å². The highest BCUT2D eigenvalue weighted by Gasteiger charge is 2.43. The van der Waals surface area contributed by atoms with Crippen molar-refractivity contribution in [1.82, 2.24) is 9.80 Å². The van der Waals surface area contributed by atoms with Gasteiger partial charge in [0, 0.05) is 13.1 Å². The molecule has 0 aliphatic carbocycles. The fraction of sp³-hybridized carbons (Fsp3) is 0.737. The Bertz CT molecular complexity index is 557. The minimum Gasteiger partial charge on any atom is -0.464 e. The van der Waals surface area contributed by atoms with Gasteiger partial charge in [-0.25, -0.2) is 9.59 Å². The van der Waals surface area contributed by atoms with Crippen LogP contribution in [0.5, 0.6) is 0 Å². The first kappa shape index (κ1) is 20.1. The SMILES string of the molecule is C#CCOC(=O)N1CCCC1C(=O)N1CCCC1C(=O)OCCCCC. The summed E-state index contributed by atoms with van der Waals surface area (Å²) < 4.78 is 10.3. The summed E-state index contributed by atoms with van der Waals surface area (Å²) in [5.41, 5.74) is 0. The van der Waals surface area contributed by atoms with Crippen LogP contribution in [0.2, 0.25) is 0 Å². The largest absolute Gasteiger partial charge is 0.464 e. The Morgan fingerprint density at radius 3 is 2.42 bits per heavy atom. The molecule has 2 aliphatic heterocycles. The monoisotopic (exact) mass is 364 g/mol. The van der Waals surface area contributed by atoms with Gasteiger partial charge < -0.3 is 14.4 Å². The molecule has 2 heterocycles. The Hall–Kier alpha value is -2.23. The lowest BCUT2D eigenvalue weighted by molar-refractivity contribution is -0.154. The van der Waals surface area contributed by atoms with Crippen LogP contribution >= 0.6 is 0 Å². The van der Waals surface area contributed by atoms with Gasteiger partial charge in [0.1, 0.15) is 12.1 Å². The van der Waals surface area contributed by atoms with E-state index in [2.05, 4.69) is 12.8 Å². The number of carbonyl (C=O) groups is 3. The van der Waals surface area contributed by atoms with E-state index in [0.717, 1.165) is 32.1 Å². The van der Waals surface area contributed by atoms with E-state index >= 15 is 0 Å². The summed E-state index contributed by atoms with van der Waals surface area (Å²) in [4.78, 5) is 40.4. The molecule has 2 amide bonds. The molecule has 0 bridgehead atoms. The maximum absolute atomic E-state index is 13.0. The number of hydrogen-bond acceptors (Lipinski definition) is 5. The predicted molar refractivity (Wildman–Crippen MR) is 95.1 cm³/mol. The summed E-state index contributed by atoms with van der Waals surface area (Å²) in [6.45, 7) is 3.32. The summed E-state index contributed by atoms with van der Waals surface area (Å²) in [7, 11) is 0. The molecule has 2 aliphatic rings. The number of rotatable bonds is 7. The van der Waals surface area contributed by atoms with E-state index in [4.69, 9.17) is 15.9 Å². The third kappa shape index (κ3) is 4.90. The number of ether oxygens (including phenoxy) is 2. The zero-order valence-electron chi connectivity index (χ0n) is 15.4. The van der Waals surface area contributed by atoms with Gasteiger partial charge in [0.2, 0.25) is 5.91 Å². The minimum absolute atomic E-state index is 0.118. The smallest absolute Gasteiger partial charge is 0.411 e. The molecular formula is C19H28N2O5. The van der Waals surface area contributed by atoms with Crippen molar-refractivity contribution in [3.05, 3.63) is 0 Å². The fourth-order valence-electron chi connectivity index (χ4n) is 3.52. The number of amides is 2. The molecule has 2 unspecified atom stereocenters. The standard InChI is InChI=1S/C19H28N2O5/c1-3-5-6-14-25-18(23)16-10-8-11-20(16)17(22)15-9-7-12-21(15)19(24)26-13-4-2/h2,15-16H,3,5-14H2,1H3. The van der Waals surface area contributed by atoms with Gasteiger partial charge in [-0.1, -0.05) is 25.7 Å². The Morgan fingerprint density at radius 1 is 1.04 bits per heavy atom. The van der Waals surface area contributed by atoms with E-state index in [0.29, 0.717) is 32.5 Å². The highest BCUT2D eigenvalue weighted by Crippen LogP contribution is 2.26.